The van der Waals surface area contributed by atoms with Crippen LogP contribution in [-0.2, 0) is 11.2 Å². The fraction of sp³-hybridized carbons (Fsp3) is 0.421. The van der Waals surface area contributed by atoms with Gasteiger partial charge in [-0.3, -0.25) is 9.59 Å². The summed E-state index contributed by atoms with van der Waals surface area (Å²) < 4.78 is 5.01. The number of amides is 1. The third-order valence-electron chi connectivity index (χ3n) is 5.05. The average Bonchev–Trinajstić information content (AvgIpc) is 3.27. The van der Waals surface area contributed by atoms with Crippen molar-refractivity contribution in [2.75, 3.05) is 13.1 Å². The summed E-state index contributed by atoms with van der Waals surface area (Å²) >= 11 is 0. The lowest BCUT2D eigenvalue weighted by Gasteiger charge is -2.32. The van der Waals surface area contributed by atoms with Gasteiger partial charge in [-0.15, -0.1) is 0 Å². The molecule has 1 aromatic carbocycles. The van der Waals surface area contributed by atoms with Gasteiger partial charge in [-0.1, -0.05) is 12.1 Å². The largest absolute Gasteiger partial charge is 0.384 e. The molecule has 0 saturated carbocycles. The number of carbonyl (C=O) groups is 1. The lowest BCUT2D eigenvalue weighted by Crippen LogP contribution is -2.39. The summed E-state index contributed by atoms with van der Waals surface area (Å²) in [7, 11) is 0. The second-order valence-corrected chi connectivity index (χ2v) is 6.95. The molecule has 7 nitrogen and oxygen atoms in total. The summed E-state index contributed by atoms with van der Waals surface area (Å²) in [5.74, 6) is 1.80. The molecule has 3 aromatic rings. The molecule has 0 spiro atoms. The maximum Gasteiger partial charge on any atom is 0.280 e. The first-order chi connectivity index (χ1) is 12.6. The SMILES string of the molecule is Cc1cccc2[nH]c([C@@H]3CCCN(C(=O)CCc4cc(=O)[nH]o4)C3)nc12. The molecule has 1 amide bonds. The van der Waals surface area contributed by atoms with Crippen LogP contribution >= 0.6 is 0 Å². The number of fused-ring (bicyclic) bond motifs is 1. The van der Waals surface area contributed by atoms with Crippen molar-refractivity contribution in [1.82, 2.24) is 20.0 Å². The van der Waals surface area contributed by atoms with Gasteiger partial charge in [-0.2, -0.15) is 5.16 Å². The van der Waals surface area contributed by atoms with Gasteiger partial charge in [0.2, 0.25) is 5.91 Å². The molecule has 3 heterocycles. The number of likely N-dealkylation sites (tertiary alicyclic amines) is 1. The highest BCUT2D eigenvalue weighted by atomic mass is 16.5. The van der Waals surface area contributed by atoms with Crippen molar-refractivity contribution in [3.63, 3.8) is 0 Å². The Balaban J connectivity index is 1.43. The van der Waals surface area contributed by atoms with E-state index >= 15 is 0 Å². The Bertz CT molecular complexity index is 984. The topological polar surface area (TPSA) is 95.0 Å². The van der Waals surface area contributed by atoms with Gasteiger partial charge in [0.25, 0.3) is 5.56 Å². The molecular weight excluding hydrogens is 332 g/mol. The van der Waals surface area contributed by atoms with Crippen LogP contribution in [0.5, 0.6) is 0 Å². The van der Waals surface area contributed by atoms with Gasteiger partial charge in [-0.05, 0) is 31.4 Å². The molecule has 4 rings (SSSR count). The predicted molar refractivity (Wildman–Crippen MR) is 97.0 cm³/mol. The maximum atomic E-state index is 12.5. The molecule has 0 unspecified atom stereocenters. The molecule has 1 saturated heterocycles. The van der Waals surface area contributed by atoms with E-state index in [9.17, 15) is 9.59 Å². The van der Waals surface area contributed by atoms with Gasteiger partial charge in [0.15, 0.2) is 0 Å². The van der Waals surface area contributed by atoms with Crippen molar-refractivity contribution in [2.45, 2.75) is 38.5 Å². The third-order valence-corrected chi connectivity index (χ3v) is 5.05. The van der Waals surface area contributed by atoms with E-state index in [1.54, 1.807) is 0 Å². The number of hydrogen-bond donors (Lipinski definition) is 2. The molecule has 1 atom stereocenters. The predicted octanol–water partition coefficient (Wildman–Crippen LogP) is 2.49. The molecule has 2 aromatic heterocycles. The summed E-state index contributed by atoms with van der Waals surface area (Å²) in [4.78, 5) is 33.7. The summed E-state index contributed by atoms with van der Waals surface area (Å²) in [6.07, 6.45) is 2.76. The van der Waals surface area contributed by atoms with Crippen LogP contribution in [0.3, 0.4) is 0 Å². The number of benzene rings is 1. The summed E-state index contributed by atoms with van der Waals surface area (Å²) in [6, 6.07) is 7.51. The summed E-state index contributed by atoms with van der Waals surface area (Å²) in [5.41, 5.74) is 2.94. The second kappa shape index (κ2) is 6.82. The van der Waals surface area contributed by atoms with Gasteiger partial charge in [0.1, 0.15) is 11.6 Å². The van der Waals surface area contributed by atoms with E-state index in [0.717, 1.165) is 41.8 Å². The first-order valence-electron chi connectivity index (χ1n) is 9.00. The number of imidazole rings is 1. The van der Waals surface area contributed by atoms with Crippen LogP contribution in [-0.4, -0.2) is 39.0 Å². The number of aromatic nitrogens is 3. The van der Waals surface area contributed by atoms with Gasteiger partial charge < -0.3 is 14.4 Å². The lowest BCUT2D eigenvalue weighted by molar-refractivity contribution is -0.132. The smallest absolute Gasteiger partial charge is 0.280 e. The Hall–Kier alpha value is -2.83. The van der Waals surface area contributed by atoms with Crippen LogP contribution in [0.15, 0.2) is 33.6 Å². The van der Waals surface area contributed by atoms with E-state index in [4.69, 9.17) is 9.51 Å². The van der Waals surface area contributed by atoms with Crippen molar-refractivity contribution in [3.8, 4) is 0 Å². The molecule has 1 fully saturated rings. The zero-order chi connectivity index (χ0) is 18.1. The lowest BCUT2D eigenvalue weighted by atomic mass is 9.97. The minimum absolute atomic E-state index is 0.0887. The zero-order valence-corrected chi connectivity index (χ0v) is 14.7. The van der Waals surface area contributed by atoms with Crippen LogP contribution in [0.4, 0.5) is 0 Å². The number of aromatic amines is 2. The van der Waals surface area contributed by atoms with E-state index in [1.165, 1.54) is 6.07 Å². The number of H-pyrrole nitrogens is 2. The Kier molecular flexibility index (Phi) is 4.36. The van der Waals surface area contributed by atoms with E-state index < -0.39 is 0 Å². The number of carbonyl (C=O) groups excluding carboxylic acids is 1. The quantitative estimate of drug-likeness (QED) is 0.752. The third kappa shape index (κ3) is 3.29. The number of hydrogen-bond acceptors (Lipinski definition) is 4. The number of aryl methyl sites for hydroxylation is 2. The Morgan fingerprint density at radius 3 is 3.08 bits per heavy atom. The Labute approximate surface area is 150 Å². The fourth-order valence-electron chi connectivity index (χ4n) is 3.65. The van der Waals surface area contributed by atoms with Gasteiger partial charge >= 0.3 is 0 Å². The van der Waals surface area contributed by atoms with Crippen molar-refractivity contribution in [1.29, 1.82) is 0 Å². The van der Waals surface area contributed by atoms with Crippen LogP contribution in [0, 0.1) is 6.92 Å². The van der Waals surface area contributed by atoms with Gasteiger partial charge in [0, 0.05) is 37.9 Å². The molecular formula is C19H22N4O3. The molecule has 136 valence electrons. The zero-order valence-electron chi connectivity index (χ0n) is 14.7. The van der Waals surface area contributed by atoms with Crippen LogP contribution in [0.2, 0.25) is 0 Å². The highest BCUT2D eigenvalue weighted by Crippen LogP contribution is 2.28. The molecule has 0 bridgehead atoms. The minimum Gasteiger partial charge on any atom is -0.384 e. The van der Waals surface area contributed by atoms with Crippen molar-refractivity contribution in [3.05, 3.63) is 51.8 Å². The standard InChI is InChI=1S/C19H22N4O3/c1-12-4-2-6-15-18(12)21-19(20-15)13-5-3-9-23(11-13)17(25)8-7-14-10-16(24)22-26-14/h2,4,6,10,13H,3,5,7-9,11H2,1H3,(H,20,21)(H,22,24)/t13-/m1/s1. The number of para-hydroxylation sites is 1. The molecule has 0 aliphatic carbocycles. The monoisotopic (exact) mass is 354 g/mol. The van der Waals surface area contributed by atoms with Crippen molar-refractivity contribution >= 4 is 16.9 Å². The molecule has 0 radical (unpaired) electrons. The molecule has 26 heavy (non-hydrogen) atoms. The molecule has 1 aliphatic rings. The molecule has 2 N–H and O–H groups in total. The van der Waals surface area contributed by atoms with Crippen LogP contribution in [0.1, 0.15) is 42.3 Å². The van der Waals surface area contributed by atoms with Crippen molar-refractivity contribution in [2.24, 2.45) is 0 Å². The van der Waals surface area contributed by atoms with Crippen LogP contribution < -0.4 is 5.56 Å². The Morgan fingerprint density at radius 1 is 1.42 bits per heavy atom. The first kappa shape index (κ1) is 16.6. The summed E-state index contributed by atoms with van der Waals surface area (Å²) in [6.45, 7) is 3.50. The van der Waals surface area contributed by atoms with Crippen LogP contribution in [0.25, 0.3) is 11.0 Å². The highest BCUT2D eigenvalue weighted by Gasteiger charge is 2.26. The average molecular weight is 354 g/mol. The first-order valence-corrected chi connectivity index (χ1v) is 9.00. The summed E-state index contributed by atoms with van der Waals surface area (Å²) in [5, 5.41) is 2.25. The van der Waals surface area contributed by atoms with Gasteiger partial charge in [0.05, 0.1) is 11.0 Å². The number of piperidine rings is 1. The second-order valence-electron chi connectivity index (χ2n) is 6.95. The molecule has 1 aliphatic heterocycles. The minimum atomic E-state index is -0.273. The normalized spacial score (nSPS) is 17.7. The van der Waals surface area contributed by atoms with E-state index in [0.29, 0.717) is 25.1 Å². The van der Waals surface area contributed by atoms with E-state index in [2.05, 4.69) is 23.1 Å². The van der Waals surface area contributed by atoms with E-state index in [-0.39, 0.29) is 17.4 Å². The number of nitrogens with one attached hydrogen (secondary N) is 2. The van der Waals surface area contributed by atoms with E-state index in [1.807, 2.05) is 17.0 Å². The highest BCUT2D eigenvalue weighted by molar-refractivity contribution is 5.79. The maximum absolute atomic E-state index is 12.5. The van der Waals surface area contributed by atoms with Crippen molar-refractivity contribution < 1.29 is 9.32 Å². The Morgan fingerprint density at radius 2 is 2.31 bits per heavy atom. The number of rotatable bonds is 4. The fourth-order valence-corrected chi connectivity index (χ4v) is 3.65. The number of nitrogens with zero attached hydrogens (tertiary/aromatic N) is 2. The molecule has 7 heteroatoms. The van der Waals surface area contributed by atoms with Gasteiger partial charge in [-0.25, -0.2) is 4.98 Å².